The third-order valence-corrected chi connectivity index (χ3v) is 1.91. The molecule has 1 heterocycles. The number of hydrogen-bond donors (Lipinski definition) is 1. The summed E-state index contributed by atoms with van der Waals surface area (Å²) in [5, 5.41) is 6.30. The van der Waals surface area contributed by atoms with Crippen LogP contribution < -0.4 is 5.32 Å². The minimum atomic E-state index is -0.0793. The summed E-state index contributed by atoms with van der Waals surface area (Å²) in [7, 11) is 0. The van der Waals surface area contributed by atoms with Crippen LogP contribution in [0.15, 0.2) is 47.3 Å². The van der Waals surface area contributed by atoms with Gasteiger partial charge in [-0.05, 0) is 12.1 Å². The lowest BCUT2D eigenvalue weighted by molar-refractivity contribution is -0.115. The van der Waals surface area contributed by atoms with Crippen LogP contribution >= 0.6 is 0 Å². The van der Waals surface area contributed by atoms with E-state index in [1.807, 2.05) is 30.3 Å². The molecule has 0 aliphatic carbocycles. The first-order valence-electron chi connectivity index (χ1n) is 4.58. The van der Waals surface area contributed by atoms with E-state index in [-0.39, 0.29) is 12.3 Å². The van der Waals surface area contributed by atoms with E-state index in [0.717, 1.165) is 11.3 Å². The third kappa shape index (κ3) is 2.67. The molecular weight excluding hydrogens is 192 g/mol. The van der Waals surface area contributed by atoms with Gasteiger partial charge in [-0.1, -0.05) is 23.4 Å². The predicted molar refractivity (Wildman–Crippen MR) is 55.3 cm³/mol. The van der Waals surface area contributed by atoms with E-state index < -0.39 is 0 Å². The maximum Gasteiger partial charge on any atom is 0.228 e. The van der Waals surface area contributed by atoms with E-state index in [1.54, 1.807) is 0 Å². The fourth-order valence-electron chi connectivity index (χ4n) is 1.23. The standard InChI is InChI=1S/C11H10N2O2/c14-11(6-9-7-12-15-8-9)13-10-4-2-1-3-5-10/h1-5,7-8H,6H2,(H,13,14). The van der Waals surface area contributed by atoms with Crippen molar-refractivity contribution in [2.75, 3.05) is 5.32 Å². The highest BCUT2D eigenvalue weighted by Crippen LogP contribution is 2.06. The van der Waals surface area contributed by atoms with Gasteiger partial charge in [0.25, 0.3) is 0 Å². The SMILES string of the molecule is O=C(Cc1cnoc1)Nc1ccccc1. The number of amides is 1. The maximum atomic E-state index is 11.5. The number of nitrogens with zero attached hydrogens (tertiary/aromatic N) is 1. The lowest BCUT2D eigenvalue weighted by atomic mass is 10.2. The first-order valence-corrected chi connectivity index (χ1v) is 4.58. The van der Waals surface area contributed by atoms with E-state index in [2.05, 4.69) is 15.0 Å². The number of hydrogen-bond acceptors (Lipinski definition) is 3. The second kappa shape index (κ2) is 4.41. The number of rotatable bonds is 3. The van der Waals surface area contributed by atoms with Gasteiger partial charge < -0.3 is 9.84 Å². The van der Waals surface area contributed by atoms with Crippen LogP contribution in [0, 0.1) is 0 Å². The largest absolute Gasteiger partial charge is 0.364 e. The van der Waals surface area contributed by atoms with Crippen molar-refractivity contribution in [1.82, 2.24) is 5.16 Å². The van der Waals surface area contributed by atoms with Gasteiger partial charge in [0.15, 0.2) is 0 Å². The monoisotopic (exact) mass is 202 g/mol. The Morgan fingerprint density at radius 3 is 2.80 bits per heavy atom. The molecule has 0 saturated carbocycles. The lowest BCUT2D eigenvalue weighted by Gasteiger charge is -2.02. The highest BCUT2D eigenvalue weighted by atomic mass is 16.5. The Morgan fingerprint density at radius 2 is 2.13 bits per heavy atom. The van der Waals surface area contributed by atoms with Crippen molar-refractivity contribution < 1.29 is 9.32 Å². The van der Waals surface area contributed by atoms with Crippen molar-refractivity contribution in [3.63, 3.8) is 0 Å². The maximum absolute atomic E-state index is 11.5. The smallest absolute Gasteiger partial charge is 0.228 e. The van der Waals surface area contributed by atoms with Gasteiger partial charge in [0.05, 0.1) is 12.6 Å². The van der Waals surface area contributed by atoms with Crippen LogP contribution in [0.25, 0.3) is 0 Å². The molecule has 2 rings (SSSR count). The van der Waals surface area contributed by atoms with Crippen molar-refractivity contribution in [3.8, 4) is 0 Å². The molecule has 0 fully saturated rings. The first kappa shape index (κ1) is 9.45. The minimum absolute atomic E-state index is 0.0793. The average Bonchev–Trinajstić information content (AvgIpc) is 2.71. The Balaban J connectivity index is 1.94. The van der Waals surface area contributed by atoms with Gasteiger partial charge in [0, 0.05) is 11.3 Å². The van der Waals surface area contributed by atoms with Crippen molar-refractivity contribution >= 4 is 11.6 Å². The Morgan fingerprint density at radius 1 is 1.33 bits per heavy atom. The summed E-state index contributed by atoms with van der Waals surface area (Å²) in [6.07, 6.45) is 3.27. The normalized spacial score (nSPS) is 9.87. The summed E-state index contributed by atoms with van der Waals surface area (Å²) in [6, 6.07) is 9.32. The number of benzene rings is 1. The summed E-state index contributed by atoms with van der Waals surface area (Å²) in [6.45, 7) is 0. The van der Waals surface area contributed by atoms with Crippen LogP contribution in [0.4, 0.5) is 5.69 Å². The predicted octanol–water partition coefficient (Wildman–Crippen LogP) is 1.86. The number of anilines is 1. The van der Waals surface area contributed by atoms with E-state index in [4.69, 9.17) is 0 Å². The van der Waals surface area contributed by atoms with Crippen LogP contribution in [0.3, 0.4) is 0 Å². The number of carbonyl (C=O) groups is 1. The van der Waals surface area contributed by atoms with Gasteiger partial charge in [0.2, 0.25) is 5.91 Å². The zero-order valence-electron chi connectivity index (χ0n) is 8.01. The van der Waals surface area contributed by atoms with Gasteiger partial charge in [0.1, 0.15) is 6.26 Å². The fourth-order valence-corrected chi connectivity index (χ4v) is 1.23. The molecular formula is C11H10N2O2. The molecule has 2 aromatic rings. The van der Waals surface area contributed by atoms with E-state index in [9.17, 15) is 4.79 Å². The van der Waals surface area contributed by atoms with Crippen molar-refractivity contribution in [2.24, 2.45) is 0 Å². The molecule has 4 heteroatoms. The third-order valence-electron chi connectivity index (χ3n) is 1.91. The molecule has 1 aromatic heterocycles. The molecule has 0 spiro atoms. The number of carbonyl (C=O) groups excluding carboxylic acids is 1. The molecule has 0 unspecified atom stereocenters. The summed E-state index contributed by atoms with van der Waals surface area (Å²) < 4.78 is 4.64. The molecule has 15 heavy (non-hydrogen) atoms. The van der Waals surface area contributed by atoms with Gasteiger partial charge >= 0.3 is 0 Å². The molecule has 4 nitrogen and oxygen atoms in total. The molecule has 1 N–H and O–H groups in total. The molecule has 0 atom stereocenters. The Bertz CT molecular complexity index is 423. The number of aromatic nitrogens is 1. The van der Waals surface area contributed by atoms with Crippen LogP contribution in [0.1, 0.15) is 5.56 Å². The molecule has 76 valence electrons. The van der Waals surface area contributed by atoms with Crippen molar-refractivity contribution in [3.05, 3.63) is 48.4 Å². The molecule has 0 aliphatic rings. The topological polar surface area (TPSA) is 55.1 Å². The van der Waals surface area contributed by atoms with Crippen LogP contribution in [-0.2, 0) is 11.2 Å². The molecule has 0 aliphatic heterocycles. The zero-order valence-corrected chi connectivity index (χ0v) is 8.01. The van der Waals surface area contributed by atoms with Gasteiger partial charge in [-0.15, -0.1) is 0 Å². The Hall–Kier alpha value is -2.10. The molecule has 0 radical (unpaired) electrons. The van der Waals surface area contributed by atoms with Crippen molar-refractivity contribution in [1.29, 1.82) is 0 Å². The highest BCUT2D eigenvalue weighted by molar-refractivity contribution is 5.92. The van der Waals surface area contributed by atoms with E-state index in [0.29, 0.717) is 0 Å². The minimum Gasteiger partial charge on any atom is -0.364 e. The summed E-state index contributed by atoms with van der Waals surface area (Å²) >= 11 is 0. The van der Waals surface area contributed by atoms with Crippen LogP contribution in [-0.4, -0.2) is 11.1 Å². The van der Waals surface area contributed by atoms with Gasteiger partial charge in [-0.3, -0.25) is 4.79 Å². The second-order valence-corrected chi connectivity index (χ2v) is 3.12. The summed E-state index contributed by atoms with van der Waals surface area (Å²) in [5.41, 5.74) is 1.56. The average molecular weight is 202 g/mol. The van der Waals surface area contributed by atoms with Crippen LogP contribution in [0.5, 0.6) is 0 Å². The van der Waals surface area contributed by atoms with Crippen LogP contribution in [0.2, 0.25) is 0 Å². The fraction of sp³-hybridized carbons (Fsp3) is 0.0909. The lowest BCUT2D eigenvalue weighted by Crippen LogP contribution is -2.13. The second-order valence-electron chi connectivity index (χ2n) is 3.12. The Kier molecular flexibility index (Phi) is 2.78. The van der Waals surface area contributed by atoms with E-state index in [1.165, 1.54) is 12.5 Å². The summed E-state index contributed by atoms with van der Waals surface area (Å²) in [4.78, 5) is 11.5. The first-order chi connectivity index (χ1) is 7.34. The number of nitrogens with one attached hydrogen (secondary N) is 1. The number of para-hydroxylation sites is 1. The van der Waals surface area contributed by atoms with Gasteiger partial charge in [-0.25, -0.2) is 0 Å². The summed E-state index contributed by atoms with van der Waals surface area (Å²) in [5.74, 6) is -0.0793. The van der Waals surface area contributed by atoms with E-state index >= 15 is 0 Å². The molecule has 1 aromatic carbocycles. The van der Waals surface area contributed by atoms with Gasteiger partial charge in [-0.2, -0.15) is 0 Å². The zero-order chi connectivity index (χ0) is 10.5. The molecule has 1 amide bonds. The molecule has 0 saturated heterocycles. The Labute approximate surface area is 86.9 Å². The van der Waals surface area contributed by atoms with Crippen molar-refractivity contribution in [2.45, 2.75) is 6.42 Å². The quantitative estimate of drug-likeness (QED) is 0.826. The molecule has 0 bridgehead atoms. The highest BCUT2D eigenvalue weighted by Gasteiger charge is 2.04.